The highest BCUT2D eigenvalue weighted by Gasteiger charge is 2.86. The molecule has 6 nitrogen and oxygen atoms in total. The van der Waals surface area contributed by atoms with Gasteiger partial charge in [0.15, 0.2) is 5.78 Å². The van der Waals surface area contributed by atoms with E-state index in [2.05, 4.69) is 20.4 Å². The topological polar surface area (TPSA) is 93.1 Å². The first kappa shape index (κ1) is 25.2. The predicted octanol–water partition coefficient (Wildman–Crippen LogP) is 4.82. The molecule has 2 spiro atoms. The first-order valence-corrected chi connectivity index (χ1v) is 14.2. The van der Waals surface area contributed by atoms with Crippen molar-refractivity contribution >= 4 is 28.6 Å². The van der Waals surface area contributed by atoms with E-state index in [4.69, 9.17) is 9.47 Å². The van der Waals surface area contributed by atoms with E-state index in [1.165, 1.54) is 6.08 Å². The Morgan fingerprint density at radius 3 is 2.69 bits per heavy atom. The molecule has 6 fully saturated rings. The van der Waals surface area contributed by atoms with Gasteiger partial charge in [-0.25, -0.2) is 4.79 Å². The molecule has 4 bridgehead atoms. The van der Waals surface area contributed by atoms with Crippen LogP contribution in [0.25, 0.3) is 16.8 Å². The smallest absolute Gasteiger partial charge is 0.331 e. The maximum Gasteiger partial charge on any atom is 0.331 e. The molecule has 0 aromatic heterocycles. The monoisotopic (exact) mass is 528 g/mol. The molecule has 2 aromatic carbocycles. The summed E-state index contributed by atoms with van der Waals surface area (Å²) in [4.78, 5) is 27.4. The van der Waals surface area contributed by atoms with E-state index in [1.807, 2.05) is 42.5 Å². The van der Waals surface area contributed by atoms with Gasteiger partial charge in [0.25, 0.3) is 0 Å². The van der Waals surface area contributed by atoms with E-state index in [0.29, 0.717) is 25.0 Å². The number of aliphatic hydroxyl groups is 2. The number of aliphatic hydroxyl groups excluding tert-OH is 1. The van der Waals surface area contributed by atoms with Crippen molar-refractivity contribution in [3.63, 3.8) is 0 Å². The van der Waals surface area contributed by atoms with Crippen LogP contribution in [-0.2, 0) is 19.1 Å². The second-order valence-corrected chi connectivity index (χ2v) is 13.2. The van der Waals surface area contributed by atoms with E-state index in [-0.39, 0.29) is 23.0 Å². The third-order valence-electron chi connectivity index (χ3n) is 11.2. The first-order chi connectivity index (χ1) is 18.6. The fraction of sp³-hybridized carbons (Fsp3) is 0.515. The lowest BCUT2D eigenvalue weighted by molar-refractivity contribution is -0.448. The Labute approximate surface area is 228 Å². The minimum Gasteiger partial charge on any atom is -0.457 e. The van der Waals surface area contributed by atoms with E-state index >= 15 is 0 Å². The van der Waals surface area contributed by atoms with Crippen molar-refractivity contribution in [2.24, 2.45) is 34.0 Å². The molecule has 2 saturated heterocycles. The quantitative estimate of drug-likeness (QED) is 0.438. The average Bonchev–Trinajstić information content (AvgIpc) is 3.02. The molecule has 6 aliphatic rings. The first-order valence-electron chi connectivity index (χ1n) is 14.2. The number of carbonyl (C=O) groups is 2. The maximum atomic E-state index is 14.2. The van der Waals surface area contributed by atoms with Gasteiger partial charge in [0.05, 0.1) is 6.61 Å². The molecule has 0 radical (unpaired) electrons. The average molecular weight is 529 g/mol. The molecular weight excluding hydrogens is 492 g/mol. The van der Waals surface area contributed by atoms with Crippen molar-refractivity contribution in [1.82, 2.24) is 0 Å². The van der Waals surface area contributed by atoms with E-state index in [1.54, 1.807) is 6.08 Å². The minimum atomic E-state index is -2.14. The number of esters is 1. The number of Topliss-reactive ketones (excluding diaryl/α,β-unsaturated/α-hetero) is 1. The standard InChI is InChI=1S/C33H36O6/c1-19-23-12-13-24-31-16-6-15-30(2,3)26(31)28(36)33(37,38-18-31)32(24,27(19)35)29(23)39-25(34)14-10-20-9-11-21-7-4-5-8-22(21)17-20/h4-5,7-11,14,17,23-24,26,28-29,36-37H,1,6,12-13,15-16,18H2,2-3H3/b14-10+/t23-,24-,26+,28-,29+,31+,32-,33+/m0/s1. The fourth-order valence-electron chi connectivity index (χ4n) is 9.77. The third-order valence-corrected chi connectivity index (χ3v) is 11.2. The van der Waals surface area contributed by atoms with E-state index < -0.39 is 40.7 Å². The highest BCUT2D eigenvalue weighted by molar-refractivity contribution is 6.05. The molecule has 4 saturated carbocycles. The third kappa shape index (κ3) is 3.03. The van der Waals surface area contributed by atoms with Crippen LogP contribution in [0.2, 0.25) is 0 Å². The maximum absolute atomic E-state index is 14.2. The number of benzene rings is 2. The van der Waals surface area contributed by atoms with Gasteiger partial charge >= 0.3 is 5.97 Å². The molecule has 39 heavy (non-hydrogen) atoms. The molecule has 8 atom stereocenters. The zero-order chi connectivity index (χ0) is 27.4. The highest BCUT2D eigenvalue weighted by atomic mass is 16.6. The molecule has 204 valence electrons. The van der Waals surface area contributed by atoms with E-state index in [9.17, 15) is 19.8 Å². The largest absolute Gasteiger partial charge is 0.457 e. The van der Waals surface area contributed by atoms with Crippen LogP contribution in [0.4, 0.5) is 0 Å². The highest BCUT2D eigenvalue weighted by Crippen LogP contribution is 2.76. The van der Waals surface area contributed by atoms with Gasteiger partial charge < -0.3 is 19.7 Å². The lowest BCUT2D eigenvalue weighted by Gasteiger charge is -2.73. The Morgan fingerprint density at radius 1 is 1.13 bits per heavy atom. The van der Waals surface area contributed by atoms with Gasteiger partial charge in [-0.3, -0.25) is 4.79 Å². The Hall–Kier alpha value is -2.80. The summed E-state index contributed by atoms with van der Waals surface area (Å²) in [5.74, 6) is -3.91. The van der Waals surface area contributed by atoms with Gasteiger partial charge in [-0.05, 0) is 71.1 Å². The second-order valence-electron chi connectivity index (χ2n) is 13.2. The van der Waals surface area contributed by atoms with Crippen molar-refractivity contribution in [2.45, 2.75) is 63.9 Å². The summed E-state index contributed by atoms with van der Waals surface area (Å²) >= 11 is 0. The number of hydrogen-bond donors (Lipinski definition) is 2. The van der Waals surface area contributed by atoms with Crippen LogP contribution in [0.1, 0.15) is 51.5 Å². The van der Waals surface area contributed by atoms with Gasteiger partial charge in [-0.2, -0.15) is 0 Å². The van der Waals surface area contributed by atoms with Gasteiger partial charge in [0.1, 0.15) is 17.6 Å². The summed E-state index contributed by atoms with van der Waals surface area (Å²) in [7, 11) is 0. The van der Waals surface area contributed by atoms with Gasteiger partial charge in [0, 0.05) is 23.3 Å². The Kier molecular flexibility index (Phi) is 5.24. The number of carbonyl (C=O) groups excluding carboxylic acids is 2. The summed E-state index contributed by atoms with van der Waals surface area (Å²) in [6.07, 6.45) is 4.96. The lowest BCUT2D eigenvalue weighted by Crippen LogP contribution is -2.83. The Balaban J connectivity index is 1.27. The Bertz CT molecular complexity index is 1440. The summed E-state index contributed by atoms with van der Waals surface area (Å²) < 4.78 is 12.3. The Morgan fingerprint density at radius 2 is 1.90 bits per heavy atom. The lowest BCUT2D eigenvalue weighted by atomic mass is 9.36. The molecular formula is C33H36O6. The van der Waals surface area contributed by atoms with Crippen LogP contribution in [0, 0.1) is 34.0 Å². The molecule has 2 aromatic rings. The van der Waals surface area contributed by atoms with Crippen LogP contribution >= 0.6 is 0 Å². The number of fused-ring (bicyclic) bond motifs is 3. The van der Waals surface area contributed by atoms with Crippen LogP contribution in [0.15, 0.2) is 60.7 Å². The molecule has 0 amide bonds. The van der Waals surface area contributed by atoms with Crippen LogP contribution in [0.3, 0.4) is 0 Å². The predicted molar refractivity (Wildman–Crippen MR) is 146 cm³/mol. The van der Waals surface area contributed by atoms with Crippen molar-refractivity contribution in [2.75, 3.05) is 6.61 Å². The van der Waals surface area contributed by atoms with E-state index in [0.717, 1.165) is 35.6 Å². The van der Waals surface area contributed by atoms with Crippen molar-refractivity contribution < 1.29 is 29.3 Å². The summed E-state index contributed by atoms with van der Waals surface area (Å²) in [5, 5.41) is 26.3. The van der Waals surface area contributed by atoms with Crippen LogP contribution in [0.5, 0.6) is 0 Å². The molecule has 8 rings (SSSR count). The molecule has 0 unspecified atom stereocenters. The normalized spacial score (nSPS) is 42.0. The molecule has 2 N–H and O–H groups in total. The minimum absolute atomic E-state index is 0.213. The molecule has 6 heteroatoms. The molecule has 4 aliphatic carbocycles. The number of ether oxygens (including phenoxy) is 2. The van der Waals surface area contributed by atoms with Crippen molar-refractivity contribution in [3.05, 3.63) is 66.3 Å². The fourth-order valence-corrected chi connectivity index (χ4v) is 9.77. The van der Waals surface area contributed by atoms with Gasteiger partial charge in [-0.15, -0.1) is 0 Å². The summed E-state index contributed by atoms with van der Waals surface area (Å²) in [6.45, 7) is 8.70. The molecule has 2 heterocycles. The van der Waals surface area contributed by atoms with Crippen molar-refractivity contribution in [1.29, 1.82) is 0 Å². The summed E-state index contributed by atoms with van der Waals surface area (Å²) in [5.41, 5.74) is -1.02. The zero-order valence-corrected chi connectivity index (χ0v) is 22.6. The van der Waals surface area contributed by atoms with Gasteiger partial charge in [-0.1, -0.05) is 63.2 Å². The van der Waals surface area contributed by atoms with Crippen molar-refractivity contribution in [3.8, 4) is 0 Å². The SMILES string of the molecule is C=C1C(=O)[C@]23[C@H](OC(=O)/C=C/c4ccc5ccccc5c4)[C@H]1CC[C@H]2[C@]12CCCC(C)(C)[C@H]1[C@H](O)[C@@]3(O)OC2. The number of hydrogen-bond acceptors (Lipinski definition) is 6. The van der Waals surface area contributed by atoms with Crippen LogP contribution in [-0.4, -0.2) is 46.6 Å². The molecule has 2 aliphatic heterocycles. The zero-order valence-electron chi connectivity index (χ0n) is 22.6. The number of ketones is 1. The summed E-state index contributed by atoms with van der Waals surface area (Å²) in [6, 6.07) is 13.9. The second kappa shape index (κ2) is 8.12. The van der Waals surface area contributed by atoms with Gasteiger partial charge in [0.2, 0.25) is 5.79 Å². The van der Waals surface area contributed by atoms with Crippen LogP contribution < -0.4 is 0 Å². The number of rotatable bonds is 3.